The lowest BCUT2D eigenvalue weighted by molar-refractivity contribution is -0.402. The van der Waals surface area contributed by atoms with Crippen LogP contribution in [-0.4, -0.2) is 11.5 Å². The van der Waals surface area contributed by atoms with Crippen molar-refractivity contribution in [2.75, 3.05) is 6.54 Å². The summed E-state index contributed by atoms with van der Waals surface area (Å²) in [5.41, 5.74) is 0.995. The summed E-state index contributed by atoms with van der Waals surface area (Å²) in [5, 5.41) is 13.9. The Morgan fingerprint density at radius 3 is 2.53 bits per heavy atom. The molecule has 1 N–H and O–H groups in total. The summed E-state index contributed by atoms with van der Waals surface area (Å²) in [7, 11) is 0. The maximum Gasteiger partial charge on any atom is 0.433 e. The number of furan rings is 1. The SMILES string of the molecule is CCNC(c1ccc(Br)cc1)c1ccc([N+](=O)[O-])o1. The first-order chi connectivity index (χ1) is 9.11. The van der Waals surface area contributed by atoms with Crippen molar-refractivity contribution in [2.45, 2.75) is 13.0 Å². The molecular weight excluding hydrogens is 312 g/mol. The van der Waals surface area contributed by atoms with Crippen molar-refractivity contribution in [3.63, 3.8) is 0 Å². The van der Waals surface area contributed by atoms with E-state index in [0.29, 0.717) is 5.76 Å². The topological polar surface area (TPSA) is 68.3 Å². The van der Waals surface area contributed by atoms with E-state index in [2.05, 4.69) is 21.2 Å². The molecule has 0 fully saturated rings. The van der Waals surface area contributed by atoms with Gasteiger partial charge in [0.05, 0.1) is 12.1 Å². The second-order valence-corrected chi connectivity index (χ2v) is 4.89. The Morgan fingerprint density at radius 2 is 2.00 bits per heavy atom. The van der Waals surface area contributed by atoms with Gasteiger partial charge in [-0.05, 0) is 30.3 Å². The molecule has 1 unspecified atom stereocenters. The van der Waals surface area contributed by atoms with Gasteiger partial charge in [-0.1, -0.05) is 35.0 Å². The van der Waals surface area contributed by atoms with Crippen LogP contribution in [0.5, 0.6) is 0 Å². The summed E-state index contributed by atoms with van der Waals surface area (Å²) < 4.78 is 6.25. The lowest BCUT2D eigenvalue weighted by Crippen LogP contribution is -2.21. The van der Waals surface area contributed by atoms with Crippen molar-refractivity contribution in [1.82, 2.24) is 5.32 Å². The molecule has 1 atom stereocenters. The minimum atomic E-state index is -0.534. The third-order valence-corrected chi connectivity index (χ3v) is 3.22. The van der Waals surface area contributed by atoms with Crippen LogP contribution in [0, 0.1) is 10.1 Å². The Labute approximate surface area is 118 Å². The van der Waals surface area contributed by atoms with Gasteiger partial charge in [-0.2, -0.15) is 0 Å². The summed E-state index contributed by atoms with van der Waals surface area (Å²) in [5.74, 6) is 0.297. The molecule has 2 aromatic rings. The average Bonchev–Trinajstić information content (AvgIpc) is 2.87. The van der Waals surface area contributed by atoms with Crippen molar-refractivity contribution in [1.29, 1.82) is 0 Å². The fourth-order valence-electron chi connectivity index (χ4n) is 1.84. The first kappa shape index (κ1) is 13.8. The highest BCUT2D eigenvalue weighted by atomic mass is 79.9. The van der Waals surface area contributed by atoms with E-state index < -0.39 is 4.92 Å². The van der Waals surface area contributed by atoms with Gasteiger partial charge in [0.1, 0.15) is 10.7 Å². The van der Waals surface area contributed by atoms with Crippen molar-refractivity contribution < 1.29 is 9.34 Å². The summed E-state index contributed by atoms with van der Waals surface area (Å²) in [4.78, 5) is 10.1. The van der Waals surface area contributed by atoms with E-state index >= 15 is 0 Å². The summed E-state index contributed by atoms with van der Waals surface area (Å²) in [6, 6.07) is 10.6. The quantitative estimate of drug-likeness (QED) is 0.673. The standard InChI is InChI=1S/C13H13BrN2O3/c1-2-15-13(9-3-5-10(14)6-4-9)11-7-8-12(19-11)16(17)18/h3-8,13,15H,2H2,1H3. The maximum absolute atomic E-state index is 10.7. The molecule has 6 heteroatoms. The van der Waals surface area contributed by atoms with Gasteiger partial charge in [0.15, 0.2) is 0 Å². The number of rotatable bonds is 5. The number of hydrogen-bond donors (Lipinski definition) is 1. The summed E-state index contributed by atoms with van der Waals surface area (Å²) in [6.45, 7) is 2.71. The minimum absolute atomic E-state index is 0.188. The number of nitro groups is 1. The van der Waals surface area contributed by atoms with Gasteiger partial charge in [0.25, 0.3) is 0 Å². The smallest absolute Gasteiger partial charge is 0.404 e. The zero-order valence-electron chi connectivity index (χ0n) is 10.3. The van der Waals surface area contributed by atoms with Crippen LogP contribution >= 0.6 is 15.9 Å². The van der Waals surface area contributed by atoms with E-state index in [1.807, 2.05) is 31.2 Å². The highest BCUT2D eigenvalue weighted by Gasteiger charge is 2.20. The van der Waals surface area contributed by atoms with Gasteiger partial charge in [-0.15, -0.1) is 0 Å². The van der Waals surface area contributed by atoms with Gasteiger partial charge in [-0.25, -0.2) is 0 Å². The Morgan fingerprint density at radius 1 is 1.32 bits per heavy atom. The molecule has 0 saturated carbocycles. The predicted molar refractivity (Wildman–Crippen MR) is 75.0 cm³/mol. The van der Waals surface area contributed by atoms with Crippen LogP contribution in [0.1, 0.15) is 24.3 Å². The fraction of sp³-hybridized carbons (Fsp3) is 0.231. The van der Waals surface area contributed by atoms with Gasteiger partial charge < -0.3 is 9.73 Å². The summed E-state index contributed by atoms with van der Waals surface area (Å²) >= 11 is 3.38. The third kappa shape index (κ3) is 3.21. The molecule has 0 spiro atoms. The third-order valence-electron chi connectivity index (χ3n) is 2.69. The molecule has 0 aliphatic carbocycles. The monoisotopic (exact) mass is 324 g/mol. The molecule has 1 aromatic carbocycles. The number of halogens is 1. The van der Waals surface area contributed by atoms with E-state index in [4.69, 9.17) is 4.42 Å². The van der Waals surface area contributed by atoms with Gasteiger partial charge in [0.2, 0.25) is 0 Å². The van der Waals surface area contributed by atoms with Crippen molar-refractivity contribution in [3.8, 4) is 0 Å². The molecule has 5 nitrogen and oxygen atoms in total. The first-order valence-electron chi connectivity index (χ1n) is 5.84. The second kappa shape index (κ2) is 5.99. The maximum atomic E-state index is 10.7. The van der Waals surface area contributed by atoms with Crippen LogP contribution in [0.2, 0.25) is 0 Å². The highest BCUT2D eigenvalue weighted by Crippen LogP contribution is 2.27. The molecule has 2 rings (SSSR count). The molecule has 1 aromatic heterocycles. The first-order valence-corrected chi connectivity index (χ1v) is 6.64. The van der Waals surface area contributed by atoms with E-state index in [0.717, 1.165) is 16.6 Å². The number of nitrogens with zero attached hydrogens (tertiary/aromatic N) is 1. The Bertz CT molecular complexity index is 566. The molecule has 0 aliphatic heterocycles. The molecule has 19 heavy (non-hydrogen) atoms. The van der Waals surface area contributed by atoms with Crippen LogP contribution in [0.3, 0.4) is 0 Å². The van der Waals surface area contributed by atoms with Crippen LogP contribution in [0.25, 0.3) is 0 Å². The van der Waals surface area contributed by atoms with Gasteiger partial charge >= 0.3 is 5.88 Å². The Balaban J connectivity index is 2.33. The predicted octanol–water partition coefficient (Wildman–Crippen LogP) is 3.65. The number of benzene rings is 1. The largest absolute Gasteiger partial charge is 0.433 e. The molecule has 0 bridgehead atoms. The highest BCUT2D eigenvalue weighted by molar-refractivity contribution is 9.10. The lowest BCUT2D eigenvalue weighted by Gasteiger charge is -2.15. The molecule has 0 radical (unpaired) electrons. The average molecular weight is 325 g/mol. The van der Waals surface area contributed by atoms with Crippen molar-refractivity contribution in [3.05, 3.63) is 62.3 Å². The van der Waals surface area contributed by atoms with Crippen LogP contribution in [0.4, 0.5) is 5.88 Å². The van der Waals surface area contributed by atoms with E-state index in [1.165, 1.54) is 6.07 Å². The normalized spacial score (nSPS) is 12.3. The Kier molecular flexibility index (Phi) is 4.34. The van der Waals surface area contributed by atoms with E-state index in [9.17, 15) is 10.1 Å². The number of nitrogens with one attached hydrogen (secondary N) is 1. The van der Waals surface area contributed by atoms with Crippen LogP contribution < -0.4 is 5.32 Å². The Hall–Kier alpha value is -1.66. The zero-order valence-corrected chi connectivity index (χ0v) is 11.9. The van der Waals surface area contributed by atoms with Crippen molar-refractivity contribution >= 4 is 21.8 Å². The second-order valence-electron chi connectivity index (χ2n) is 3.98. The molecule has 0 saturated heterocycles. The van der Waals surface area contributed by atoms with Crippen LogP contribution in [0.15, 0.2) is 45.3 Å². The zero-order chi connectivity index (χ0) is 13.8. The molecule has 1 heterocycles. The fourth-order valence-corrected chi connectivity index (χ4v) is 2.10. The van der Waals surface area contributed by atoms with E-state index in [1.54, 1.807) is 6.07 Å². The molecule has 0 amide bonds. The molecular formula is C13H13BrN2O3. The van der Waals surface area contributed by atoms with Crippen LogP contribution in [-0.2, 0) is 0 Å². The van der Waals surface area contributed by atoms with Crippen molar-refractivity contribution in [2.24, 2.45) is 0 Å². The van der Waals surface area contributed by atoms with Gasteiger partial charge in [-0.3, -0.25) is 10.1 Å². The molecule has 100 valence electrons. The number of hydrogen-bond acceptors (Lipinski definition) is 4. The molecule has 0 aliphatic rings. The lowest BCUT2D eigenvalue weighted by atomic mass is 10.0. The van der Waals surface area contributed by atoms with Gasteiger partial charge in [0, 0.05) is 4.47 Å². The minimum Gasteiger partial charge on any atom is -0.404 e. The summed E-state index contributed by atoms with van der Waals surface area (Å²) in [6.07, 6.45) is 0. The van der Waals surface area contributed by atoms with E-state index in [-0.39, 0.29) is 11.9 Å².